The molecule has 1 aromatic carbocycles. The third kappa shape index (κ3) is 2.41. The first-order valence-corrected chi connectivity index (χ1v) is 5.89. The van der Waals surface area contributed by atoms with Gasteiger partial charge in [-0.05, 0) is 29.8 Å². The smallest absolute Gasteiger partial charge is 0.292 e. The van der Waals surface area contributed by atoms with Crippen molar-refractivity contribution in [3.63, 3.8) is 0 Å². The molecule has 94 valence electrons. The summed E-state index contributed by atoms with van der Waals surface area (Å²) in [5.41, 5.74) is 0.661. The van der Waals surface area contributed by atoms with Gasteiger partial charge in [-0.3, -0.25) is 4.79 Å². The summed E-state index contributed by atoms with van der Waals surface area (Å²) in [6.45, 7) is 0. The molecule has 0 fully saturated rings. The zero-order chi connectivity index (χ0) is 13.2. The Morgan fingerprint density at radius 1 is 1.26 bits per heavy atom. The predicted molar refractivity (Wildman–Crippen MR) is 71.2 cm³/mol. The number of benzene rings is 1. The Morgan fingerprint density at radius 2 is 2.11 bits per heavy atom. The minimum absolute atomic E-state index is 0.0717. The van der Waals surface area contributed by atoms with Crippen LogP contribution in [-0.2, 0) is 0 Å². The molecular formula is C13H8ClN3O2. The molecule has 0 saturated carbocycles. The summed E-state index contributed by atoms with van der Waals surface area (Å²) < 4.78 is 5.44. The number of fused-ring (bicyclic) bond motifs is 1. The molecule has 0 unspecified atom stereocenters. The standard InChI is InChI=1S/C13H8ClN3O2/c14-13-15-6-5-11(17-13)16-12(18)10-7-8-3-1-2-4-9(8)19-10/h1-7H,(H,15,16,17,18). The molecule has 6 heteroatoms. The van der Waals surface area contributed by atoms with Crippen LogP contribution in [0, 0.1) is 0 Å². The van der Waals surface area contributed by atoms with Gasteiger partial charge >= 0.3 is 0 Å². The lowest BCUT2D eigenvalue weighted by Gasteiger charge is -2.01. The Morgan fingerprint density at radius 3 is 2.89 bits per heavy atom. The van der Waals surface area contributed by atoms with E-state index >= 15 is 0 Å². The highest BCUT2D eigenvalue weighted by molar-refractivity contribution is 6.28. The summed E-state index contributed by atoms with van der Waals surface area (Å²) in [4.78, 5) is 19.6. The topological polar surface area (TPSA) is 68.0 Å². The van der Waals surface area contributed by atoms with Gasteiger partial charge < -0.3 is 9.73 Å². The molecule has 0 saturated heterocycles. The number of para-hydroxylation sites is 1. The lowest BCUT2D eigenvalue weighted by Crippen LogP contribution is -2.12. The zero-order valence-corrected chi connectivity index (χ0v) is 10.4. The average molecular weight is 274 g/mol. The molecule has 0 aliphatic carbocycles. The number of amides is 1. The Hall–Kier alpha value is -2.40. The van der Waals surface area contributed by atoms with Gasteiger partial charge in [0.15, 0.2) is 5.76 Å². The SMILES string of the molecule is O=C(Nc1ccnc(Cl)n1)c1cc2ccccc2o1. The highest BCUT2D eigenvalue weighted by Gasteiger charge is 2.12. The van der Waals surface area contributed by atoms with E-state index < -0.39 is 0 Å². The van der Waals surface area contributed by atoms with Crippen molar-refractivity contribution in [2.24, 2.45) is 0 Å². The van der Waals surface area contributed by atoms with Crippen LogP contribution < -0.4 is 5.32 Å². The van der Waals surface area contributed by atoms with E-state index in [1.807, 2.05) is 18.2 Å². The molecule has 2 aromatic heterocycles. The van der Waals surface area contributed by atoms with Crippen molar-refractivity contribution in [3.8, 4) is 0 Å². The van der Waals surface area contributed by atoms with Crippen molar-refractivity contribution < 1.29 is 9.21 Å². The van der Waals surface area contributed by atoms with Crippen molar-refractivity contribution in [1.29, 1.82) is 0 Å². The minimum atomic E-state index is -0.383. The molecule has 1 amide bonds. The molecule has 3 rings (SSSR count). The first kappa shape index (κ1) is 11.7. The Bertz CT molecular complexity index is 721. The summed E-state index contributed by atoms with van der Waals surface area (Å²) in [7, 11) is 0. The van der Waals surface area contributed by atoms with Crippen LogP contribution in [0.1, 0.15) is 10.6 Å². The fourth-order valence-corrected chi connectivity index (χ4v) is 1.82. The van der Waals surface area contributed by atoms with Crippen LogP contribution >= 0.6 is 11.6 Å². The first-order valence-electron chi connectivity index (χ1n) is 5.51. The maximum absolute atomic E-state index is 12.0. The molecule has 0 spiro atoms. The quantitative estimate of drug-likeness (QED) is 0.728. The van der Waals surface area contributed by atoms with Gasteiger partial charge in [0.1, 0.15) is 11.4 Å². The third-order valence-electron chi connectivity index (χ3n) is 2.52. The van der Waals surface area contributed by atoms with Gasteiger partial charge in [-0.15, -0.1) is 0 Å². The predicted octanol–water partition coefficient (Wildman–Crippen LogP) is 3.13. The number of carbonyl (C=O) groups excluding carboxylic acids is 1. The summed E-state index contributed by atoms with van der Waals surface area (Å²) in [6, 6.07) is 10.6. The van der Waals surface area contributed by atoms with E-state index in [1.165, 1.54) is 6.20 Å². The van der Waals surface area contributed by atoms with Crippen LogP contribution in [0.5, 0.6) is 0 Å². The second kappa shape index (κ2) is 4.70. The fourth-order valence-electron chi connectivity index (χ4n) is 1.68. The van der Waals surface area contributed by atoms with Crippen molar-refractivity contribution in [2.45, 2.75) is 0 Å². The van der Waals surface area contributed by atoms with E-state index in [9.17, 15) is 4.79 Å². The van der Waals surface area contributed by atoms with Crippen molar-refractivity contribution in [2.75, 3.05) is 5.32 Å². The second-order valence-corrected chi connectivity index (χ2v) is 4.15. The molecule has 0 atom stereocenters. The van der Waals surface area contributed by atoms with Crippen molar-refractivity contribution >= 4 is 34.3 Å². The number of nitrogens with zero attached hydrogens (tertiary/aromatic N) is 2. The van der Waals surface area contributed by atoms with Gasteiger partial charge in [0.2, 0.25) is 5.28 Å². The summed E-state index contributed by atoms with van der Waals surface area (Å²) in [5, 5.41) is 3.53. The van der Waals surface area contributed by atoms with Crippen LogP contribution in [0.15, 0.2) is 47.0 Å². The highest BCUT2D eigenvalue weighted by atomic mass is 35.5. The summed E-state index contributed by atoms with van der Waals surface area (Å²) >= 11 is 5.64. The molecule has 19 heavy (non-hydrogen) atoms. The largest absolute Gasteiger partial charge is 0.451 e. The molecule has 5 nitrogen and oxygen atoms in total. The number of furan rings is 1. The molecule has 0 bridgehead atoms. The average Bonchev–Trinajstić information content (AvgIpc) is 2.82. The molecule has 0 aliphatic heterocycles. The number of carbonyl (C=O) groups is 1. The number of hydrogen-bond acceptors (Lipinski definition) is 4. The number of aromatic nitrogens is 2. The van der Waals surface area contributed by atoms with Gasteiger partial charge in [0.25, 0.3) is 5.91 Å². The summed E-state index contributed by atoms with van der Waals surface area (Å²) in [5.74, 6) is 0.160. The van der Waals surface area contributed by atoms with Gasteiger partial charge in [-0.1, -0.05) is 18.2 Å². The Kier molecular flexibility index (Phi) is 2.89. The van der Waals surface area contributed by atoms with Gasteiger partial charge in [0, 0.05) is 11.6 Å². The number of anilines is 1. The third-order valence-corrected chi connectivity index (χ3v) is 2.70. The monoisotopic (exact) mass is 273 g/mol. The zero-order valence-electron chi connectivity index (χ0n) is 9.63. The van der Waals surface area contributed by atoms with Crippen LogP contribution in [0.2, 0.25) is 5.28 Å². The Labute approximate surface area is 113 Å². The summed E-state index contributed by atoms with van der Waals surface area (Å²) in [6.07, 6.45) is 1.46. The van der Waals surface area contributed by atoms with E-state index in [4.69, 9.17) is 16.0 Å². The van der Waals surface area contributed by atoms with Crippen molar-refractivity contribution in [3.05, 3.63) is 53.6 Å². The van der Waals surface area contributed by atoms with Gasteiger partial charge in [0.05, 0.1) is 0 Å². The first-order chi connectivity index (χ1) is 9.22. The number of rotatable bonds is 2. The van der Waals surface area contributed by atoms with Crippen LogP contribution in [0.3, 0.4) is 0 Å². The fraction of sp³-hybridized carbons (Fsp3) is 0. The molecule has 2 heterocycles. The normalized spacial score (nSPS) is 10.6. The van der Waals surface area contributed by atoms with E-state index in [0.29, 0.717) is 11.4 Å². The molecule has 3 aromatic rings. The lowest BCUT2D eigenvalue weighted by atomic mass is 10.2. The van der Waals surface area contributed by atoms with E-state index in [1.54, 1.807) is 18.2 Å². The van der Waals surface area contributed by atoms with Gasteiger partial charge in [-0.25, -0.2) is 9.97 Å². The van der Waals surface area contributed by atoms with E-state index in [2.05, 4.69) is 15.3 Å². The minimum Gasteiger partial charge on any atom is -0.451 e. The van der Waals surface area contributed by atoms with E-state index in [0.717, 1.165) is 5.39 Å². The number of halogens is 1. The second-order valence-electron chi connectivity index (χ2n) is 3.81. The lowest BCUT2D eigenvalue weighted by molar-refractivity contribution is 0.0998. The maximum Gasteiger partial charge on any atom is 0.292 e. The van der Waals surface area contributed by atoms with Crippen LogP contribution in [0.4, 0.5) is 5.82 Å². The Balaban J connectivity index is 1.87. The van der Waals surface area contributed by atoms with Crippen LogP contribution in [-0.4, -0.2) is 15.9 Å². The molecule has 1 N–H and O–H groups in total. The molecule has 0 radical (unpaired) electrons. The maximum atomic E-state index is 12.0. The molecule has 0 aliphatic rings. The van der Waals surface area contributed by atoms with Crippen molar-refractivity contribution in [1.82, 2.24) is 9.97 Å². The number of nitrogens with one attached hydrogen (secondary N) is 1. The number of hydrogen-bond donors (Lipinski definition) is 1. The van der Waals surface area contributed by atoms with Crippen LogP contribution in [0.25, 0.3) is 11.0 Å². The van der Waals surface area contributed by atoms with E-state index in [-0.39, 0.29) is 17.0 Å². The molecular weight excluding hydrogens is 266 g/mol. The van der Waals surface area contributed by atoms with Gasteiger partial charge in [-0.2, -0.15) is 0 Å². The highest BCUT2D eigenvalue weighted by Crippen LogP contribution is 2.19.